The van der Waals surface area contributed by atoms with Gasteiger partial charge in [-0.1, -0.05) is 25.1 Å². The van der Waals surface area contributed by atoms with Crippen LogP contribution < -0.4 is 0 Å². The maximum Gasteiger partial charge on any atom is 0.178 e. The minimum Gasteiger partial charge on any atom is -0.224 e. The maximum absolute atomic E-state index is 11.8. The Morgan fingerprint density at radius 3 is 2.47 bits per heavy atom. The van der Waals surface area contributed by atoms with Crippen molar-refractivity contribution in [2.24, 2.45) is 0 Å². The summed E-state index contributed by atoms with van der Waals surface area (Å²) in [5.41, 5.74) is 0.807. The van der Waals surface area contributed by atoms with E-state index in [1.807, 2.05) is 19.1 Å². The van der Waals surface area contributed by atoms with Gasteiger partial charge in [-0.3, -0.25) is 0 Å². The minimum absolute atomic E-state index is 0.0572. The highest BCUT2D eigenvalue weighted by Crippen LogP contribution is 2.19. The van der Waals surface area contributed by atoms with Crippen molar-refractivity contribution in [3.05, 3.63) is 29.8 Å². The van der Waals surface area contributed by atoms with Crippen LogP contribution in [0.25, 0.3) is 0 Å². The molecular formula is C11H15ClO2S. The molecule has 1 aromatic rings. The maximum atomic E-state index is 11.8. The van der Waals surface area contributed by atoms with E-state index in [4.69, 9.17) is 11.6 Å². The van der Waals surface area contributed by atoms with Crippen LogP contribution in [0, 0.1) is 0 Å². The fraction of sp³-hybridized carbons (Fsp3) is 0.455. The first-order valence-corrected chi connectivity index (χ1v) is 7.01. The molecule has 0 saturated heterocycles. The highest BCUT2D eigenvalue weighted by Gasteiger charge is 2.16. The molecule has 0 aliphatic heterocycles. The molecule has 0 aliphatic rings. The van der Waals surface area contributed by atoms with Crippen molar-refractivity contribution in [1.29, 1.82) is 0 Å². The molecule has 15 heavy (non-hydrogen) atoms. The molecule has 2 nitrogen and oxygen atoms in total. The number of hydrogen-bond donors (Lipinski definition) is 0. The Kier molecular flexibility index (Phi) is 4.17. The van der Waals surface area contributed by atoms with Crippen LogP contribution >= 0.6 is 11.6 Å². The van der Waals surface area contributed by atoms with E-state index in [1.165, 1.54) is 0 Å². The smallest absolute Gasteiger partial charge is 0.178 e. The van der Waals surface area contributed by atoms with Gasteiger partial charge in [-0.05, 0) is 25.0 Å². The van der Waals surface area contributed by atoms with Gasteiger partial charge in [0.2, 0.25) is 0 Å². The average molecular weight is 247 g/mol. The molecule has 4 heteroatoms. The molecule has 0 bridgehead atoms. The van der Waals surface area contributed by atoms with Gasteiger partial charge >= 0.3 is 0 Å². The number of alkyl halides is 1. The van der Waals surface area contributed by atoms with Crippen molar-refractivity contribution in [1.82, 2.24) is 0 Å². The van der Waals surface area contributed by atoms with Crippen molar-refractivity contribution in [2.75, 3.05) is 5.75 Å². The SMILES string of the molecule is CCS(=O)(=O)c1ccccc1CC(C)Cl. The van der Waals surface area contributed by atoms with E-state index >= 15 is 0 Å². The van der Waals surface area contributed by atoms with Gasteiger partial charge in [0.15, 0.2) is 9.84 Å². The van der Waals surface area contributed by atoms with E-state index < -0.39 is 9.84 Å². The number of benzene rings is 1. The molecular weight excluding hydrogens is 232 g/mol. The van der Waals surface area contributed by atoms with Gasteiger partial charge in [-0.2, -0.15) is 0 Å². The first-order chi connectivity index (χ1) is 6.97. The Hall–Kier alpha value is -0.540. The third-order valence-electron chi connectivity index (χ3n) is 2.19. The van der Waals surface area contributed by atoms with Gasteiger partial charge in [0.1, 0.15) is 0 Å². The summed E-state index contributed by atoms with van der Waals surface area (Å²) in [5, 5.41) is -0.0572. The van der Waals surface area contributed by atoms with Crippen LogP contribution in [0.2, 0.25) is 0 Å². The predicted octanol–water partition coefficient (Wildman–Crippen LogP) is 2.65. The van der Waals surface area contributed by atoms with E-state index in [0.29, 0.717) is 11.3 Å². The van der Waals surface area contributed by atoms with Crippen molar-refractivity contribution in [2.45, 2.75) is 30.5 Å². The normalized spacial score (nSPS) is 13.8. The quantitative estimate of drug-likeness (QED) is 0.766. The molecule has 1 rings (SSSR count). The van der Waals surface area contributed by atoms with Crippen molar-refractivity contribution in [3.63, 3.8) is 0 Å². The lowest BCUT2D eigenvalue weighted by Crippen LogP contribution is -2.09. The monoisotopic (exact) mass is 246 g/mol. The van der Waals surface area contributed by atoms with Crippen LogP contribution in [0.4, 0.5) is 0 Å². The van der Waals surface area contributed by atoms with Crippen LogP contribution in [0.3, 0.4) is 0 Å². The van der Waals surface area contributed by atoms with E-state index in [-0.39, 0.29) is 11.1 Å². The lowest BCUT2D eigenvalue weighted by molar-refractivity contribution is 0.596. The first kappa shape index (κ1) is 12.5. The second-order valence-electron chi connectivity index (χ2n) is 3.50. The number of halogens is 1. The molecule has 0 saturated carbocycles. The lowest BCUT2D eigenvalue weighted by atomic mass is 10.1. The average Bonchev–Trinajstić information content (AvgIpc) is 2.17. The molecule has 1 aromatic carbocycles. The summed E-state index contributed by atoms with van der Waals surface area (Å²) in [4.78, 5) is 0.417. The zero-order chi connectivity index (χ0) is 11.5. The van der Waals surface area contributed by atoms with Gasteiger partial charge < -0.3 is 0 Å². The van der Waals surface area contributed by atoms with E-state index in [1.54, 1.807) is 19.1 Å². The Labute approximate surface area is 96.2 Å². The van der Waals surface area contributed by atoms with Gasteiger partial charge in [0.05, 0.1) is 10.6 Å². The highest BCUT2D eigenvalue weighted by atomic mass is 35.5. The van der Waals surface area contributed by atoms with E-state index in [9.17, 15) is 8.42 Å². The van der Waals surface area contributed by atoms with Crippen LogP contribution in [0.15, 0.2) is 29.2 Å². The van der Waals surface area contributed by atoms with Crippen molar-refractivity contribution in [3.8, 4) is 0 Å². The molecule has 0 fully saturated rings. The molecule has 0 N–H and O–H groups in total. The summed E-state index contributed by atoms with van der Waals surface area (Å²) in [6.45, 7) is 3.51. The van der Waals surface area contributed by atoms with Crippen LogP contribution in [0.1, 0.15) is 19.4 Å². The third kappa shape index (κ3) is 3.21. The Bertz CT molecular complexity index is 424. The summed E-state index contributed by atoms with van der Waals surface area (Å²) in [5.74, 6) is 0.126. The largest absolute Gasteiger partial charge is 0.224 e. The summed E-state index contributed by atoms with van der Waals surface area (Å²) in [6, 6.07) is 7.04. The highest BCUT2D eigenvalue weighted by molar-refractivity contribution is 7.91. The van der Waals surface area contributed by atoms with Gasteiger partial charge in [-0.25, -0.2) is 8.42 Å². The summed E-state index contributed by atoms with van der Waals surface area (Å²) in [6.07, 6.45) is 0.580. The third-order valence-corrected chi connectivity index (χ3v) is 4.17. The summed E-state index contributed by atoms with van der Waals surface area (Å²) >= 11 is 5.88. The fourth-order valence-corrected chi connectivity index (χ4v) is 2.75. The van der Waals surface area contributed by atoms with Gasteiger partial charge in [-0.15, -0.1) is 11.6 Å². The van der Waals surface area contributed by atoms with Crippen LogP contribution in [0.5, 0.6) is 0 Å². The van der Waals surface area contributed by atoms with Gasteiger partial charge in [0.25, 0.3) is 0 Å². The first-order valence-electron chi connectivity index (χ1n) is 4.92. The Morgan fingerprint density at radius 2 is 1.93 bits per heavy atom. The van der Waals surface area contributed by atoms with E-state index in [0.717, 1.165) is 5.56 Å². The van der Waals surface area contributed by atoms with Crippen molar-refractivity contribution < 1.29 is 8.42 Å². The second kappa shape index (κ2) is 4.99. The topological polar surface area (TPSA) is 34.1 Å². The molecule has 0 amide bonds. The molecule has 0 heterocycles. The molecule has 0 spiro atoms. The fourth-order valence-electron chi connectivity index (χ4n) is 1.43. The number of rotatable bonds is 4. The molecule has 1 unspecified atom stereocenters. The van der Waals surface area contributed by atoms with Gasteiger partial charge in [0, 0.05) is 5.38 Å². The minimum atomic E-state index is -3.13. The zero-order valence-corrected chi connectivity index (χ0v) is 10.5. The van der Waals surface area contributed by atoms with Crippen LogP contribution in [-0.2, 0) is 16.3 Å². The standard InChI is InChI=1S/C11H15ClO2S/c1-3-15(13,14)11-7-5-4-6-10(11)8-9(2)12/h4-7,9H,3,8H2,1-2H3. The number of hydrogen-bond acceptors (Lipinski definition) is 2. The molecule has 1 atom stereocenters. The molecule has 0 aliphatic carbocycles. The molecule has 0 aromatic heterocycles. The second-order valence-corrected chi connectivity index (χ2v) is 6.49. The molecule has 0 radical (unpaired) electrons. The summed E-state index contributed by atoms with van der Waals surface area (Å²) < 4.78 is 23.5. The van der Waals surface area contributed by atoms with E-state index in [2.05, 4.69) is 0 Å². The Balaban J connectivity index is 3.18. The van der Waals surface area contributed by atoms with Crippen LogP contribution in [-0.4, -0.2) is 19.5 Å². The Morgan fingerprint density at radius 1 is 1.33 bits per heavy atom. The lowest BCUT2D eigenvalue weighted by Gasteiger charge is -2.09. The zero-order valence-electron chi connectivity index (χ0n) is 8.90. The van der Waals surface area contributed by atoms with Crippen molar-refractivity contribution >= 4 is 21.4 Å². The molecule has 84 valence electrons. The predicted molar refractivity (Wildman–Crippen MR) is 63.2 cm³/mol. The number of sulfone groups is 1. The summed E-state index contributed by atoms with van der Waals surface area (Å²) in [7, 11) is -3.13.